The molecule has 0 unspecified atom stereocenters. The number of benzene rings is 1. The largest absolute Gasteiger partial charge is 0.466 e. The van der Waals surface area contributed by atoms with Crippen molar-refractivity contribution in [1.29, 1.82) is 0 Å². The topological polar surface area (TPSA) is 43.4 Å². The summed E-state index contributed by atoms with van der Waals surface area (Å²) in [6.45, 7) is 5.58. The number of carbonyl (C=O) groups excluding carboxylic acids is 1. The van der Waals surface area contributed by atoms with Gasteiger partial charge in [-0.2, -0.15) is 0 Å². The molecule has 0 atom stereocenters. The van der Waals surface area contributed by atoms with E-state index in [1.165, 1.54) is 0 Å². The first-order valence-corrected chi connectivity index (χ1v) is 6.17. The molecule has 2 heterocycles. The van der Waals surface area contributed by atoms with Crippen molar-refractivity contribution in [3.63, 3.8) is 0 Å². The number of furan rings is 2. The summed E-state index contributed by atoms with van der Waals surface area (Å²) in [6.07, 6.45) is 0. The van der Waals surface area contributed by atoms with E-state index < -0.39 is 0 Å². The number of ketones is 1. The molecule has 3 heteroatoms. The van der Waals surface area contributed by atoms with Gasteiger partial charge in [0.05, 0.1) is 5.56 Å². The standard InChI is InChI=1S/C16H14O3/c1-9-5-4-6-12-8-14(19-16(9)12)15(17)13-7-10(2)18-11(13)3/h4-8H,1-3H3. The Balaban J connectivity index is 2.12. The fourth-order valence-electron chi connectivity index (χ4n) is 2.31. The van der Waals surface area contributed by atoms with Crippen LogP contribution < -0.4 is 0 Å². The van der Waals surface area contributed by atoms with Gasteiger partial charge in [-0.1, -0.05) is 18.2 Å². The maximum Gasteiger partial charge on any atom is 0.231 e. The Morgan fingerprint density at radius 1 is 1.05 bits per heavy atom. The molecular weight excluding hydrogens is 240 g/mol. The van der Waals surface area contributed by atoms with Gasteiger partial charge in [-0.15, -0.1) is 0 Å². The fraction of sp³-hybridized carbons (Fsp3) is 0.188. The van der Waals surface area contributed by atoms with Crippen LogP contribution in [0.5, 0.6) is 0 Å². The molecule has 1 aromatic carbocycles. The van der Waals surface area contributed by atoms with Crippen molar-refractivity contribution >= 4 is 16.8 Å². The van der Waals surface area contributed by atoms with Crippen molar-refractivity contribution in [3.8, 4) is 0 Å². The van der Waals surface area contributed by atoms with E-state index in [1.807, 2.05) is 32.0 Å². The zero-order chi connectivity index (χ0) is 13.6. The van der Waals surface area contributed by atoms with E-state index in [0.717, 1.165) is 22.3 Å². The molecule has 0 aliphatic carbocycles. The molecule has 0 radical (unpaired) electrons. The molecule has 0 N–H and O–H groups in total. The first-order valence-electron chi connectivity index (χ1n) is 6.17. The lowest BCUT2D eigenvalue weighted by Gasteiger charge is -1.94. The molecule has 0 aliphatic rings. The van der Waals surface area contributed by atoms with E-state index in [9.17, 15) is 4.79 Å². The van der Waals surface area contributed by atoms with Crippen molar-refractivity contribution in [2.75, 3.05) is 0 Å². The quantitative estimate of drug-likeness (QED) is 0.644. The highest BCUT2D eigenvalue weighted by Gasteiger charge is 2.19. The second kappa shape index (κ2) is 4.12. The predicted octanol–water partition coefficient (Wildman–Crippen LogP) is 4.18. The van der Waals surface area contributed by atoms with Gasteiger partial charge in [-0.25, -0.2) is 0 Å². The zero-order valence-corrected chi connectivity index (χ0v) is 11.1. The Labute approximate surface area is 110 Å². The van der Waals surface area contributed by atoms with Crippen LogP contribution in [0.15, 0.2) is 39.2 Å². The Morgan fingerprint density at radius 3 is 2.47 bits per heavy atom. The van der Waals surface area contributed by atoms with E-state index in [4.69, 9.17) is 8.83 Å². The minimum atomic E-state index is -0.134. The lowest BCUT2D eigenvalue weighted by atomic mass is 10.1. The van der Waals surface area contributed by atoms with Crippen LogP contribution in [0.1, 0.15) is 33.2 Å². The predicted molar refractivity (Wildman–Crippen MR) is 72.6 cm³/mol. The van der Waals surface area contributed by atoms with Crippen LogP contribution in [0.25, 0.3) is 11.0 Å². The van der Waals surface area contributed by atoms with Crippen LogP contribution in [0, 0.1) is 20.8 Å². The number of aryl methyl sites for hydroxylation is 3. The Morgan fingerprint density at radius 2 is 1.84 bits per heavy atom. The van der Waals surface area contributed by atoms with Crippen LogP contribution in [0.3, 0.4) is 0 Å². The molecule has 0 bridgehead atoms. The van der Waals surface area contributed by atoms with E-state index in [2.05, 4.69) is 0 Å². The van der Waals surface area contributed by atoms with Crippen molar-refractivity contribution in [3.05, 3.63) is 58.7 Å². The van der Waals surface area contributed by atoms with Gasteiger partial charge in [-0.05, 0) is 38.5 Å². The SMILES string of the molecule is Cc1cc(C(=O)c2cc3cccc(C)c3o2)c(C)o1. The third kappa shape index (κ3) is 1.87. The molecule has 3 rings (SSSR count). The summed E-state index contributed by atoms with van der Waals surface area (Å²) in [5.41, 5.74) is 2.36. The molecule has 0 amide bonds. The summed E-state index contributed by atoms with van der Waals surface area (Å²) < 4.78 is 11.1. The number of rotatable bonds is 2. The third-order valence-corrected chi connectivity index (χ3v) is 3.25. The Bertz CT molecular complexity index is 774. The first kappa shape index (κ1) is 11.8. The lowest BCUT2D eigenvalue weighted by molar-refractivity contribution is 0.101. The van der Waals surface area contributed by atoms with Gasteiger partial charge in [0.15, 0.2) is 5.76 Å². The van der Waals surface area contributed by atoms with Gasteiger partial charge < -0.3 is 8.83 Å². The summed E-state index contributed by atoms with van der Waals surface area (Å²) in [4.78, 5) is 12.4. The van der Waals surface area contributed by atoms with E-state index in [-0.39, 0.29) is 5.78 Å². The van der Waals surface area contributed by atoms with Gasteiger partial charge in [0.2, 0.25) is 5.78 Å². The van der Waals surface area contributed by atoms with Crippen LogP contribution in [-0.2, 0) is 0 Å². The van der Waals surface area contributed by atoms with Crippen LogP contribution in [0.4, 0.5) is 0 Å². The molecule has 2 aromatic heterocycles. The van der Waals surface area contributed by atoms with Crippen molar-refractivity contribution < 1.29 is 13.6 Å². The molecule has 0 saturated heterocycles. The summed E-state index contributed by atoms with van der Waals surface area (Å²) in [6, 6.07) is 9.39. The van der Waals surface area contributed by atoms with Gasteiger partial charge in [0, 0.05) is 5.39 Å². The second-order valence-corrected chi connectivity index (χ2v) is 4.76. The first-order chi connectivity index (χ1) is 9.06. The maximum atomic E-state index is 12.4. The number of carbonyl (C=O) groups is 1. The molecule has 3 aromatic rings. The Kier molecular flexibility index (Phi) is 2.56. The number of hydrogen-bond acceptors (Lipinski definition) is 3. The summed E-state index contributed by atoms with van der Waals surface area (Å²) >= 11 is 0. The number of fused-ring (bicyclic) bond motifs is 1. The van der Waals surface area contributed by atoms with E-state index in [1.54, 1.807) is 19.1 Å². The summed E-state index contributed by atoms with van der Waals surface area (Å²) in [5.74, 6) is 1.57. The third-order valence-electron chi connectivity index (χ3n) is 3.25. The molecule has 3 nitrogen and oxygen atoms in total. The smallest absolute Gasteiger partial charge is 0.231 e. The zero-order valence-electron chi connectivity index (χ0n) is 11.1. The van der Waals surface area contributed by atoms with Gasteiger partial charge in [0.1, 0.15) is 17.1 Å². The van der Waals surface area contributed by atoms with Crippen LogP contribution in [-0.4, -0.2) is 5.78 Å². The highest BCUT2D eigenvalue weighted by molar-refractivity contribution is 6.09. The molecule has 0 aliphatic heterocycles. The van der Waals surface area contributed by atoms with E-state index >= 15 is 0 Å². The summed E-state index contributed by atoms with van der Waals surface area (Å²) in [7, 11) is 0. The van der Waals surface area contributed by atoms with Gasteiger partial charge >= 0.3 is 0 Å². The molecule has 19 heavy (non-hydrogen) atoms. The highest BCUT2D eigenvalue weighted by atomic mass is 16.4. The monoisotopic (exact) mass is 254 g/mol. The molecule has 0 fully saturated rings. The average Bonchev–Trinajstić information content (AvgIpc) is 2.93. The van der Waals surface area contributed by atoms with E-state index in [0.29, 0.717) is 17.1 Å². The van der Waals surface area contributed by atoms with Crippen molar-refractivity contribution in [2.45, 2.75) is 20.8 Å². The molecular formula is C16H14O3. The second-order valence-electron chi connectivity index (χ2n) is 4.76. The molecule has 0 spiro atoms. The fourth-order valence-corrected chi connectivity index (χ4v) is 2.31. The van der Waals surface area contributed by atoms with Gasteiger partial charge in [0.25, 0.3) is 0 Å². The molecule has 96 valence electrons. The Hall–Kier alpha value is -2.29. The normalized spacial score (nSPS) is 11.1. The van der Waals surface area contributed by atoms with Crippen molar-refractivity contribution in [2.24, 2.45) is 0 Å². The highest BCUT2D eigenvalue weighted by Crippen LogP contribution is 2.25. The number of para-hydroxylation sites is 1. The minimum Gasteiger partial charge on any atom is -0.466 e. The number of hydrogen-bond donors (Lipinski definition) is 0. The van der Waals surface area contributed by atoms with Crippen molar-refractivity contribution in [1.82, 2.24) is 0 Å². The lowest BCUT2D eigenvalue weighted by Crippen LogP contribution is -1.99. The van der Waals surface area contributed by atoms with Crippen LogP contribution >= 0.6 is 0 Å². The molecule has 0 saturated carbocycles. The summed E-state index contributed by atoms with van der Waals surface area (Å²) in [5, 5.41) is 0.946. The van der Waals surface area contributed by atoms with Gasteiger partial charge in [-0.3, -0.25) is 4.79 Å². The minimum absolute atomic E-state index is 0.134. The van der Waals surface area contributed by atoms with Crippen LogP contribution in [0.2, 0.25) is 0 Å². The maximum absolute atomic E-state index is 12.4. The average molecular weight is 254 g/mol.